The predicted octanol–water partition coefficient (Wildman–Crippen LogP) is 1.67. The van der Waals surface area contributed by atoms with E-state index < -0.39 is 23.8 Å². The zero-order valence-corrected chi connectivity index (χ0v) is 11.6. The zero-order chi connectivity index (χ0) is 15.3. The van der Waals surface area contributed by atoms with Crippen molar-refractivity contribution in [3.63, 3.8) is 0 Å². The molecule has 1 atom stereocenters. The number of hydrogen-bond donors (Lipinski definition) is 2. The van der Waals surface area contributed by atoms with E-state index in [1.165, 1.54) is 14.2 Å². The van der Waals surface area contributed by atoms with Crippen LogP contribution in [-0.2, 0) is 16.0 Å². The van der Waals surface area contributed by atoms with E-state index in [0.717, 1.165) is 5.56 Å². The minimum atomic E-state index is -1.43. The highest BCUT2D eigenvalue weighted by atomic mass is 16.5. The average Bonchev–Trinajstić information content (AvgIpc) is 2.37. The molecule has 1 aromatic carbocycles. The zero-order valence-electron chi connectivity index (χ0n) is 11.6. The van der Waals surface area contributed by atoms with Crippen LogP contribution < -0.4 is 9.47 Å². The van der Waals surface area contributed by atoms with E-state index in [1.54, 1.807) is 25.1 Å². The van der Waals surface area contributed by atoms with Crippen molar-refractivity contribution in [1.29, 1.82) is 0 Å². The molecule has 2 N–H and O–H groups in total. The van der Waals surface area contributed by atoms with Gasteiger partial charge in [-0.3, -0.25) is 9.59 Å². The minimum absolute atomic E-state index is 0.323. The number of methoxy groups -OCH3 is 2. The molecule has 0 radical (unpaired) electrons. The predicted molar refractivity (Wildman–Crippen MR) is 71.2 cm³/mol. The summed E-state index contributed by atoms with van der Waals surface area (Å²) in [6.07, 6.45) is 0.323. The average molecular weight is 282 g/mol. The first-order chi connectivity index (χ1) is 9.40. The van der Waals surface area contributed by atoms with Gasteiger partial charge in [0, 0.05) is 0 Å². The third kappa shape index (κ3) is 3.63. The van der Waals surface area contributed by atoms with Crippen molar-refractivity contribution in [3.8, 4) is 11.5 Å². The van der Waals surface area contributed by atoms with Crippen molar-refractivity contribution in [2.45, 2.75) is 13.3 Å². The van der Waals surface area contributed by atoms with Crippen molar-refractivity contribution < 1.29 is 29.3 Å². The van der Waals surface area contributed by atoms with Gasteiger partial charge in [0.2, 0.25) is 0 Å². The smallest absolute Gasteiger partial charge is 0.318 e. The Morgan fingerprint density at radius 2 is 1.65 bits per heavy atom. The minimum Gasteiger partial charge on any atom is -0.493 e. The molecule has 0 aliphatic carbocycles. The summed E-state index contributed by atoms with van der Waals surface area (Å²) in [5.74, 6) is -3.53. The van der Waals surface area contributed by atoms with E-state index in [1.807, 2.05) is 0 Å². The third-order valence-electron chi connectivity index (χ3n) is 3.11. The second kappa shape index (κ2) is 6.79. The Labute approximate surface area is 116 Å². The van der Waals surface area contributed by atoms with Gasteiger partial charge in [0.05, 0.1) is 14.2 Å². The molecule has 0 aliphatic heterocycles. The molecule has 1 rings (SSSR count). The second-order valence-electron chi connectivity index (χ2n) is 4.52. The maximum Gasteiger partial charge on any atom is 0.318 e. The molecule has 0 saturated heterocycles. The topological polar surface area (TPSA) is 93.1 Å². The molecule has 0 spiro atoms. The molecule has 20 heavy (non-hydrogen) atoms. The Kier molecular flexibility index (Phi) is 5.37. The van der Waals surface area contributed by atoms with Crippen LogP contribution in [0.3, 0.4) is 0 Å². The van der Waals surface area contributed by atoms with Gasteiger partial charge in [0.15, 0.2) is 17.4 Å². The van der Waals surface area contributed by atoms with Gasteiger partial charge in [-0.25, -0.2) is 0 Å². The van der Waals surface area contributed by atoms with Crippen LogP contribution >= 0.6 is 0 Å². The molecule has 0 amide bonds. The molecule has 0 fully saturated rings. The highest BCUT2D eigenvalue weighted by Gasteiger charge is 2.32. The van der Waals surface area contributed by atoms with Crippen LogP contribution in [0.1, 0.15) is 12.5 Å². The van der Waals surface area contributed by atoms with Gasteiger partial charge in [0.25, 0.3) is 0 Å². The standard InChI is InChI=1S/C14H18O6/c1-8(12(13(15)16)14(17)18)6-9-4-5-10(19-2)11(7-9)20-3/h4-5,7-8,12H,6H2,1-3H3,(H,15,16)(H,17,18)/t8-/m1/s1. The Bertz CT molecular complexity index is 482. The summed E-state index contributed by atoms with van der Waals surface area (Å²) in [6, 6.07) is 5.19. The highest BCUT2D eigenvalue weighted by molar-refractivity contribution is 5.93. The molecule has 0 bridgehead atoms. The van der Waals surface area contributed by atoms with E-state index in [2.05, 4.69) is 0 Å². The maximum atomic E-state index is 11.0. The molecule has 0 heterocycles. The van der Waals surface area contributed by atoms with Gasteiger partial charge >= 0.3 is 11.9 Å². The molecule has 1 aromatic rings. The van der Waals surface area contributed by atoms with Gasteiger partial charge < -0.3 is 19.7 Å². The SMILES string of the molecule is COc1ccc(C[C@@H](C)C(C(=O)O)C(=O)O)cc1OC. The summed E-state index contributed by atoms with van der Waals surface area (Å²) in [5.41, 5.74) is 0.794. The maximum absolute atomic E-state index is 11.0. The van der Waals surface area contributed by atoms with Crippen molar-refractivity contribution in [3.05, 3.63) is 23.8 Å². The first kappa shape index (κ1) is 15.8. The number of rotatable bonds is 7. The summed E-state index contributed by atoms with van der Waals surface area (Å²) >= 11 is 0. The van der Waals surface area contributed by atoms with Gasteiger partial charge in [-0.05, 0) is 30.0 Å². The lowest BCUT2D eigenvalue weighted by Gasteiger charge is -2.17. The summed E-state index contributed by atoms with van der Waals surface area (Å²) in [5, 5.41) is 17.9. The normalized spacial score (nSPS) is 12.0. The largest absolute Gasteiger partial charge is 0.493 e. The van der Waals surface area contributed by atoms with Crippen LogP contribution in [0.2, 0.25) is 0 Å². The van der Waals surface area contributed by atoms with Crippen LogP contribution in [0, 0.1) is 11.8 Å². The number of carbonyl (C=O) groups is 2. The number of carboxylic acid groups (broad SMARTS) is 2. The Morgan fingerprint density at radius 1 is 1.10 bits per heavy atom. The quantitative estimate of drug-likeness (QED) is 0.739. The molecule has 0 saturated carbocycles. The summed E-state index contributed by atoms with van der Waals surface area (Å²) in [7, 11) is 3.02. The molecule has 0 aromatic heterocycles. The first-order valence-corrected chi connectivity index (χ1v) is 6.07. The van der Waals surface area contributed by atoms with Gasteiger partial charge in [-0.2, -0.15) is 0 Å². The third-order valence-corrected chi connectivity index (χ3v) is 3.11. The second-order valence-corrected chi connectivity index (χ2v) is 4.52. The Morgan fingerprint density at radius 3 is 2.10 bits per heavy atom. The number of hydrogen-bond acceptors (Lipinski definition) is 4. The number of ether oxygens (including phenoxy) is 2. The first-order valence-electron chi connectivity index (χ1n) is 6.07. The summed E-state index contributed by atoms with van der Waals surface area (Å²) in [6.45, 7) is 1.60. The lowest BCUT2D eigenvalue weighted by atomic mass is 9.88. The molecule has 110 valence electrons. The number of carboxylic acids is 2. The van der Waals surface area contributed by atoms with Crippen LogP contribution in [0.4, 0.5) is 0 Å². The van der Waals surface area contributed by atoms with Gasteiger partial charge in [0.1, 0.15) is 0 Å². The molecule has 0 aliphatic rings. The summed E-state index contributed by atoms with van der Waals surface area (Å²) < 4.78 is 10.3. The van der Waals surface area contributed by atoms with Crippen LogP contribution in [0.5, 0.6) is 11.5 Å². The Balaban J connectivity index is 2.92. The Hall–Kier alpha value is -2.24. The van der Waals surface area contributed by atoms with Crippen molar-refractivity contribution in [1.82, 2.24) is 0 Å². The lowest BCUT2D eigenvalue weighted by Crippen LogP contribution is -2.30. The van der Waals surface area contributed by atoms with E-state index in [-0.39, 0.29) is 0 Å². The van der Waals surface area contributed by atoms with E-state index in [4.69, 9.17) is 19.7 Å². The van der Waals surface area contributed by atoms with Gasteiger partial charge in [-0.15, -0.1) is 0 Å². The molecule has 6 nitrogen and oxygen atoms in total. The van der Waals surface area contributed by atoms with Crippen molar-refractivity contribution >= 4 is 11.9 Å². The van der Waals surface area contributed by atoms with Crippen LogP contribution in [0.25, 0.3) is 0 Å². The fourth-order valence-electron chi connectivity index (χ4n) is 2.09. The molecular weight excluding hydrogens is 264 g/mol. The fourth-order valence-corrected chi connectivity index (χ4v) is 2.09. The van der Waals surface area contributed by atoms with E-state index in [9.17, 15) is 9.59 Å². The molecular formula is C14H18O6. The fraction of sp³-hybridized carbons (Fsp3) is 0.429. The van der Waals surface area contributed by atoms with Crippen LogP contribution in [-0.4, -0.2) is 36.4 Å². The van der Waals surface area contributed by atoms with Gasteiger partial charge in [-0.1, -0.05) is 13.0 Å². The van der Waals surface area contributed by atoms with Crippen LogP contribution in [0.15, 0.2) is 18.2 Å². The number of benzene rings is 1. The molecule has 0 unspecified atom stereocenters. The number of aliphatic carboxylic acids is 2. The molecule has 6 heteroatoms. The highest BCUT2D eigenvalue weighted by Crippen LogP contribution is 2.29. The monoisotopic (exact) mass is 282 g/mol. The van der Waals surface area contributed by atoms with E-state index >= 15 is 0 Å². The summed E-state index contributed by atoms with van der Waals surface area (Å²) in [4.78, 5) is 21.9. The van der Waals surface area contributed by atoms with Crippen molar-refractivity contribution in [2.24, 2.45) is 11.8 Å². The lowest BCUT2D eigenvalue weighted by molar-refractivity contribution is -0.156. The van der Waals surface area contributed by atoms with Crippen molar-refractivity contribution in [2.75, 3.05) is 14.2 Å². The van der Waals surface area contributed by atoms with E-state index in [0.29, 0.717) is 17.9 Å².